The average molecular weight is 673 g/mol. The van der Waals surface area contributed by atoms with Gasteiger partial charge in [0, 0.05) is 12.8 Å². The van der Waals surface area contributed by atoms with Crippen LogP contribution in [0.5, 0.6) is 0 Å². The standard InChI is InChI=1S/C43H76O5/c1-3-5-7-9-11-13-15-17-19-20-21-22-24-26-28-30-32-34-36-38-43(46)48-41(39-44)40-47-42(45)37-35-33-31-29-27-25-23-18-16-14-12-10-8-6-4-2/h6,8,12,14,18,23,27,29,41,44H,3-5,7,9-11,13,15-17,19-22,24-26,28,30-40H2,1-2H3/b8-6+,14-12+,23-18+,29-27+/t41-/m0/s1. The van der Waals surface area contributed by atoms with E-state index in [9.17, 15) is 14.7 Å². The van der Waals surface area contributed by atoms with Gasteiger partial charge in [-0.25, -0.2) is 0 Å². The van der Waals surface area contributed by atoms with Gasteiger partial charge in [-0.05, 0) is 51.4 Å². The van der Waals surface area contributed by atoms with E-state index in [1.54, 1.807) is 0 Å². The molecular weight excluding hydrogens is 596 g/mol. The van der Waals surface area contributed by atoms with E-state index in [0.29, 0.717) is 12.8 Å². The molecule has 48 heavy (non-hydrogen) atoms. The van der Waals surface area contributed by atoms with Gasteiger partial charge in [0.1, 0.15) is 6.61 Å². The Hall–Kier alpha value is -2.14. The third-order valence-corrected chi connectivity index (χ3v) is 8.64. The summed E-state index contributed by atoms with van der Waals surface area (Å²) in [5.41, 5.74) is 0. The van der Waals surface area contributed by atoms with E-state index < -0.39 is 6.10 Å². The highest BCUT2D eigenvalue weighted by Gasteiger charge is 2.16. The largest absolute Gasteiger partial charge is 0.462 e. The first-order chi connectivity index (χ1) is 23.6. The van der Waals surface area contributed by atoms with Crippen molar-refractivity contribution in [3.05, 3.63) is 48.6 Å². The topological polar surface area (TPSA) is 72.8 Å². The summed E-state index contributed by atoms with van der Waals surface area (Å²) >= 11 is 0. The summed E-state index contributed by atoms with van der Waals surface area (Å²) in [5.74, 6) is -0.636. The number of rotatable bonds is 36. The molecule has 0 amide bonds. The maximum absolute atomic E-state index is 12.2. The maximum Gasteiger partial charge on any atom is 0.306 e. The molecule has 0 rings (SSSR count). The Labute approximate surface area is 297 Å². The van der Waals surface area contributed by atoms with Crippen molar-refractivity contribution in [2.75, 3.05) is 13.2 Å². The fourth-order valence-corrected chi connectivity index (χ4v) is 5.60. The zero-order valence-corrected chi connectivity index (χ0v) is 31.5. The lowest BCUT2D eigenvalue weighted by Crippen LogP contribution is -2.28. The molecule has 0 aliphatic carbocycles. The molecule has 0 aliphatic rings. The maximum atomic E-state index is 12.2. The smallest absolute Gasteiger partial charge is 0.306 e. The lowest BCUT2D eigenvalue weighted by atomic mass is 10.0. The molecule has 5 heteroatoms. The molecule has 0 radical (unpaired) electrons. The summed E-state index contributed by atoms with van der Waals surface area (Å²) in [5, 5.41) is 9.55. The highest BCUT2D eigenvalue weighted by atomic mass is 16.6. The quantitative estimate of drug-likeness (QED) is 0.0407. The Bertz CT molecular complexity index is 812. The van der Waals surface area contributed by atoms with Crippen LogP contribution in [0.15, 0.2) is 48.6 Å². The lowest BCUT2D eigenvalue weighted by Gasteiger charge is -2.15. The molecule has 0 bridgehead atoms. The monoisotopic (exact) mass is 673 g/mol. The van der Waals surface area contributed by atoms with Gasteiger partial charge in [-0.2, -0.15) is 0 Å². The Morgan fingerprint density at radius 1 is 0.500 bits per heavy atom. The molecule has 0 spiro atoms. The second-order valence-electron chi connectivity index (χ2n) is 13.3. The average Bonchev–Trinajstić information content (AvgIpc) is 3.09. The highest BCUT2D eigenvalue weighted by Crippen LogP contribution is 2.15. The predicted molar refractivity (Wildman–Crippen MR) is 205 cm³/mol. The normalized spacial score (nSPS) is 12.6. The zero-order chi connectivity index (χ0) is 35.0. The van der Waals surface area contributed by atoms with Gasteiger partial charge in [-0.15, -0.1) is 0 Å². The number of aliphatic hydroxyl groups is 1. The number of aliphatic hydroxyl groups excluding tert-OH is 1. The molecule has 0 fully saturated rings. The minimum Gasteiger partial charge on any atom is -0.462 e. The van der Waals surface area contributed by atoms with E-state index in [2.05, 4.69) is 62.5 Å². The second kappa shape index (κ2) is 39.3. The minimum absolute atomic E-state index is 0.0862. The number of hydrogen-bond donors (Lipinski definition) is 1. The van der Waals surface area contributed by atoms with Crippen molar-refractivity contribution >= 4 is 11.9 Å². The Kier molecular flexibility index (Phi) is 37.5. The molecule has 5 nitrogen and oxygen atoms in total. The van der Waals surface area contributed by atoms with E-state index in [1.807, 2.05) is 0 Å². The zero-order valence-electron chi connectivity index (χ0n) is 31.5. The van der Waals surface area contributed by atoms with Crippen LogP contribution < -0.4 is 0 Å². The van der Waals surface area contributed by atoms with Crippen molar-refractivity contribution < 1.29 is 24.2 Å². The van der Waals surface area contributed by atoms with E-state index >= 15 is 0 Å². The number of esters is 2. The van der Waals surface area contributed by atoms with Crippen molar-refractivity contribution in [2.45, 2.75) is 200 Å². The number of carbonyl (C=O) groups is 2. The number of ether oxygens (including phenoxy) is 2. The molecular formula is C43H76O5. The summed E-state index contributed by atoms with van der Waals surface area (Å²) in [4.78, 5) is 24.2. The van der Waals surface area contributed by atoms with Crippen molar-refractivity contribution in [2.24, 2.45) is 0 Å². The van der Waals surface area contributed by atoms with Crippen LogP contribution in [0.4, 0.5) is 0 Å². The van der Waals surface area contributed by atoms with Gasteiger partial charge in [0.25, 0.3) is 0 Å². The van der Waals surface area contributed by atoms with Crippen molar-refractivity contribution in [1.29, 1.82) is 0 Å². The summed E-state index contributed by atoms with van der Waals surface area (Å²) in [6, 6.07) is 0. The lowest BCUT2D eigenvalue weighted by molar-refractivity contribution is -0.161. The first-order valence-electron chi connectivity index (χ1n) is 20.2. The van der Waals surface area contributed by atoms with Gasteiger partial charge in [0.05, 0.1) is 6.61 Å². The van der Waals surface area contributed by atoms with Gasteiger partial charge in [-0.1, -0.05) is 178 Å². The van der Waals surface area contributed by atoms with Crippen LogP contribution in [0.1, 0.15) is 194 Å². The number of unbranched alkanes of at least 4 members (excludes halogenated alkanes) is 20. The Morgan fingerprint density at radius 2 is 0.896 bits per heavy atom. The van der Waals surface area contributed by atoms with Crippen LogP contribution in [0.2, 0.25) is 0 Å². The number of carbonyl (C=O) groups excluding carboxylic acids is 2. The highest BCUT2D eigenvalue weighted by molar-refractivity contribution is 5.70. The van der Waals surface area contributed by atoms with Gasteiger partial charge < -0.3 is 14.6 Å². The summed E-state index contributed by atoms with van der Waals surface area (Å²) in [7, 11) is 0. The van der Waals surface area contributed by atoms with Crippen molar-refractivity contribution in [3.63, 3.8) is 0 Å². The molecule has 0 unspecified atom stereocenters. The van der Waals surface area contributed by atoms with Crippen LogP contribution >= 0.6 is 0 Å². The summed E-state index contributed by atoms with van der Waals surface area (Å²) < 4.78 is 10.6. The molecule has 278 valence electrons. The molecule has 1 N–H and O–H groups in total. The summed E-state index contributed by atoms with van der Waals surface area (Å²) in [6.45, 7) is 3.99. The molecule has 0 aromatic carbocycles. The van der Waals surface area contributed by atoms with Gasteiger partial charge in [0.2, 0.25) is 0 Å². The van der Waals surface area contributed by atoms with Crippen LogP contribution in [-0.4, -0.2) is 36.4 Å². The van der Waals surface area contributed by atoms with Gasteiger partial charge in [-0.3, -0.25) is 9.59 Å². The molecule has 0 saturated heterocycles. The predicted octanol–water partition coefficient (Wildman–Crippen LogP) is 12.6. The van der Waals surface area contributed by atoms with Crippen LogP contribution in [-0.2, 0) is 19.1 Å². The molecule has 0 heterocycles. The van der Waals surface area contributed by atoms with Gasteiger partial charge in [0.15, 0.2) is 6.10 Å². The minimum atomic E-state index is -0.786. The fourth-order valence-electron chi connectivity index (χ4n) is 5.60. The van der Waals surface area contributed by atoms with E-state index in [0.717, 1.165) is 64.2 Å². The molecule has 0 aromatic heterocycles. The van der Waals surface area contributed by atoms with E-state index in [4.69, 9.17) is 9.47 Å². The first kappa shape index (κ1) is 45.9. The fraction of sp³-hybridized carbons (Fsp3) is 0.767. The van der Waals surface area contributed by atoms with Gasteiger partial charge >= 0.3 is 11.9 Å². The van der Waals surface area contributed by atoms with Crippen LogP contribution in [0.3, 0.4) is 0 Å². The molecule has 0 aromatic rings. The second-order valence-corrected chi connectivity index (χ2v) is 13.3. The SMILES string of the molecule is CC/C=C/C/C=C/C/C=C/C/C=C/CCCCC(=O)OC[C@H](CO)OC(=O)CCCCCCCCCCCCCCCCCCCCC. The third kappa shape index (κ3) is 36.7. The number of hydrogen-bond acceptors (Lipinski definition) is 5. The first-order valence-corrected chi connectivity index (χ1v) is 20.2. The molecule has 0 saturated carbocycles. The van der Waals surface area contributed by atoms with Crippen LogP contribution in [0, 0.1) is 0 Å². The third-order valence-electron chi connectivity index (χ3n) is 8.64. The summed E-state index contributed by atoms with van der Waals surface area (Å²) in [6.07, 6.45) is 48.9. The van der Waals surface area contributed by atoms with E-state index in [1.165, 1.54) is 103 Å². The van der Waals surface area contributed by atoms with E-state index in [-0.39, 0.29) is 25.2 Å². The molecule has 1 atom stereocenters. The van der Waals surface area contributed by atoms with Crippen LogP contribution in [0.25, 0.3) is 0 Å². The van der Waals surface area contributed by atoms with Crippen molar-refractivity contribution in [1.82, 2.24) is 0 Å². The molecule has 0 aliphatic heterocycles. The number of allylic oxidation sites excluding steroid dienone is 8. The Balaban J connectivity index is 3.58. The van der Waals surface area contributed by atoms with Crippen molar-refractivity contribution in [3.8, 4) is 0 Å². The Morgan fingerprint density at radius 3 is 1.35 bits per heavy atom.